The minimum atomic E-state index is -0.213. The molecular weight excluding hydrogens is 328 g/mol. The van der Waals surface area contributed by atoms with Crippen LogP contribution < -0.4 is 0 Å². The SMILES string of the molecule is CC[C@@H](Sc1ncnc2sc3c(c12)CCCC3)C(=O)OC(C)C. The highest BCUT2D eigenvalue weighted by atomic mass is 32.2. The zero-order chi connectivity index (χ0) is 16.4. The first-order valence-electron chi connectivity index (χ1n) is 8.22. The average molecular weight is 351 g/mol. The highest BCUT2D eigenvalue weighted by Gasteiger charge is 2.25. The molecule has 3 rings (SSSR count). The molecule has 0 radical (unpaired) electrons. The van der Waals surface area contributed by atoms with Crippen molar-refractivity contribution in [2.75, 3.05) is 0 Å². The molecule has 1 aliphatic rings. The van der Waals surface area contributed by atoms with Gasteiger partial charge < -0.3 is 4.74 Å². The van der Waals surface area contributed by atoms with Gasteiger partial charge in [-0.2, -0.15) is 0 Å². The maximum absolute atomic E-state index is 12.3. The summed E-state index contributed by atoms with van der Waals surface area (Å²) in [6.07, 6.45) is 6.99. The van der Waals surface area contributed by atoms with E-state index >= 15 is 0 Å². The Morgan fingerprint density at radius 3 is 2.87 bits per heavy atom. The summed E-state index contributed by atoms with van der Waals surface area (Å²) in [5, 5.41) is 1.89. The molecular formula is C17H22N2O2S2. The molecule has 2 aromatic rings. The number of esters is 1. The van der Waals surface area contributed by atoms with Crippen LogP contribution in [0.1, 0.15) is 50.5 Å². The highest BCUT2D eigenvalue weighted by molar-refractivity contribution is 8.00. The van der Waals surface area contributed by atoms with Gasteiger partial charge in [0.2, 0.25) is 0 Å². The van der Waals surface area contributed by atoms with Crippen LogP contribution in [0.4, 0.5) is 0 Å². The number of aryl methyl sites for hydroxylation is 2. The number of carbonyl (C=O) groups excluding carboxylic acids is 1. The molecule has 0 bridgehead atoms. The van der Waals surface area contributed by atoms with E-state index in [1.54, 1.807) is 17.7 Å². The largest absolute Gasteiger partial charge is 0.462 e. The quantitative estimate of drug-likeness (QED) is 0.455. The lowest BCUT2D eigenvalue weighted by atomic mass is 9.97. The average Bonchev–Trinajstić information content (AvgIpc) is 2.91. The number of rotatable bonds is 5. The Kier molecular flexibility index (Phi) is 5.21. The summed E-state index contributed by atoms with van der Waals surface area (Å²) >= 11 is 3.31. The first kappa shape index (κ1) is 16.7. The van der Waals surface area contributed by atoms with Crippen molar-refractivity contribution in [1.29, 1.82) is 0 Å². The van der Waals surface area contributed by atoms with Crippen LogP contribution in [0.2, 0.25) is 0 Å². The van der Waals surface area contributed by atoms with Gasteiger partial charge in [-0.25, -0.2) is 9.97 Å². The number of hydrogen-bond acceptors (Lipinski definition) is 6. The van der Waals surface area contributed by atoms with Crippen molar-refractivity contribution in [3.8, 4) is 0 Å². The van der Waals surface area contributed by atoms with Crippen molar-refractivity contribution in [2.24, 2.45) is 0 Å². The van der Waals surface area contributed by atoms with Crippen LogP contribution in [-0.2, 0) is 22.4 Å². The molecule has 0 spiro atoms. The first-order valence-corrected chi connectivity index (χ1v) is 9.92. The lowest BCUT2D eigenvalue weighted by Crippen LogP contribution is -2.23. The third-order valence-electron chi connectivity index (χ3n) is 3.96. The van der Waals surface area contributed by atoms with Crippen LogP contribution in [0.15, 0.2) is 11.4 Å². The van der Waals surface area contributed by atoms with E-state index in [9.17, 15) is 4.79 Å². The van der Waals surface area contributed by atoms with E-state index in [0.29, 0.717) is 0 Å². The second-order valence-corrected chi connectivity index (χ2v) is 8.35. The zero-order valence-electron chi connectivity index (χ0n) is 13.8. The Labute approximate surface area is 145 Å². The third kappa shape index (κ3) is 3.53. The minimum absolute atomic E-state index is 0.0866. The Morgan fingerprint density at radius 2 is 2.13 bits per heavy atom. The number of fused-ring (bicyclic) bond motifs is 3. The minimum Gasteiger partial charge on any atom is -0.462 e. The van der Waals surface area contributed by atoms with Gasteiger partial charge in [-0.3, -0.25) is 4.79 Å². The van der Waals surface area contributed by atoms with Crippen molar-refractivity contribution < 1.29 is 9.53 Å². The second kappa shape index (κ2) is 7.18. The van der Waals surface area contributed by atoms with Gasteiger partial charge >= 0.3 is 5.97 Å². The molecule has 1 aliphatic carbocycles. The third-order valence-corrected chi connectivity index (χ3v) is 6.50. The normalized spacial score (nSPS) is 15.7. The maximum Gasteiger partial charge on any atom is 0.319 e. The molecule has 6 heteroatoms. The summed E-state index contributed by atoms with van der Waals surface area (Å²) in [7, 11) is 0. The van der Waals surface area contributed by atoms with E-state index in [0.717, 1.165) is 29.1 Å². The van der Waals surface area contributed by atoms with Gasteiger partial charge in [-0.15, -0.1) is 11.3 Å². The van der Waals surface area contributed by atoms with Crippen molar-refractivity contribution >= 4 is 39.3 Å². The van der Waals surface area contributed by atoms with Crippen LogP contribution in [0.5, 0.6) is 0 Å². The first-order chi connectivity index (χ1) is 11.1. The monoisotopic (exact) mass is 350 g/mol. The molecule has 4 nitrogen and oxygen atoms in total. The van der Waals surface area contributed by atoms with Crippen LogP contribution in [-0.4, -0.2) is 27.3 Å². The summed E-state index contributed by atoms with van der Waals surface area (Å²) < 4.78 is 5.38. The van der Waals surface area contributed by atoms with Gasteiger partial charge in [-0.1, -0.05) is 18.7 Å². The molecule has 0 amide bonds. The van der Waals surface area contributed by atoms with E-state index in [-0.39, 0.29) is 17.3 Å². The zero-order valence-corrected chi connectivity index (χ0v) is 15.4. The van der Waals surface area contributed by atoms with Gasteiger partial charge in [0.25, 0.3) is 0 Å². The van der Waals surface area contributed by atoms with Crippen LogP contribution >= 0.6 is 23.1 Å². The maximum atomic E-state index is 12.3. The Hall–Kier alpha value is -1.14. The highest BCUT2D eigenvalue weighted by Crippen LogP contribution is 2.40. The summed E-state index contributed by atoms with van der Waals surface area (Å²) in [4.78, 5) is 23.7. The van der Waals surface area contributed by atoms with Gasteiger partial charge in [0.1, 0.15) is 21.4 Å². The molecule has 2 heterocycles. The van der Waals surface area contributed by atoms with Crippen LogP contribution in [0.3, 0.4) is 0 Å². The Morgan fingerprint density at radius 1 is 1.35 bits per heavy atom. The molecule has 0 unspecified atom stereocenters. The molecule has 0 saturated carbocycles. The molecule has 0 aliphatic heterocycles. The number of thioether (sulfide) groups is 1. The molecule has 0 saturated heterocycles. The van der Waals surface area contributed by atoms with Gasteiger partial charge in [0, 0.05) is 10.3 Å². The van der Waals surface area contributed by atoms with E-state index in [1.807, 2.05) is 20.8 Å². The number of ether oxygens (including phenoxy) is 1. The molecule has 1 atom stereocenters. The van der Waals surface area contributed by atoms with E-state index in [1.165, 1.54) is 40.4 Å². The molecule has 124 valence electrons. The summed E-state index contributed by atoms with van der Waals surface area (Å²) in [5.41, 5.74) is 1.41. The topological polar surface area (TPSA) is 52.1 Å². The number of nitrogens with zero attached hydrogens (tertiary/aromatic N) is 2. The van der Waals surface area contributed by atoms with Crippen molar-refractivity contribution in [3.05, 3.63) is 16.8 Å². The second-order valence-electron chi connectivity index (χ2n) is 6.07. The van der Waals surface area contributed by atoms with E-state index in [4.69, 9.17) is 4.74 Å². The van der Waals surface area contributed by atoms with E-state index < -0.39 is 0 Å². The lowest BCUT2D eigenvalue weighted by Gasteiger charge is -2.16. The number of carbonyl (C=O) groups is 1. The fourth-order valence-electron chi connectivity index (χ4n) is 2.89. The van der Waals surface area contributed by atoms with Gasteiger partial charge in [-0.05, 0) is 51.5 Å². The summed E-state index contributed by atoms with van der Waals surface area (Å²) in [6, 6.07) is 0. The van der Waals surface area contributed by atoms with E-state index in [2.05, 4.69) is 9.97 Å². The fraction of sp³-hybridized carbons (Fsp3) is 0.588. The number of hydrogen-bond donors (Lipinski definition) is 0. The predicted molar refractivity (Wildman–Crippen MR) is 95.2 cm³/mol. The van der Waals surface area contributed by atoms with Crippen LogP contribution in [0, 0.1) is 0 Å². The van der Waals surface area contributed by atoms with Crippen molar-refractivity contribution in [3.63, 3.8) is 0 Å². The van der Waals surface area contributed by atoms with Crippen LogP contribution in [0.25, 0.3) is 10.2 Å². The van der Waals surface area contributed by atoms with Crippen molar-refractivity contribution in [1.82, 2.24) is 9.97 Å². The molecule has 2 aromatic heterocycles. The Balaban J connectivity index is 1.93. The lowest BCUT2D eigenvalue weighted by molar-refractivity contribution is -0.146. The molecule has 0 fully saturated rings. The molecule has 0 N–H and O–H groups in total. The van der Waals surface area contributed by atoms with Gasteiger partial charge in [0.05, 0.1) is 6.10 Å². The molecule has 0 aromatic carbocycles. The summed E-state index contributed by atoms with van der Waals surface area (Å²) in [5.74, 6) is -0.150. The van der Waals surface area contributed by atoms with Gasteiger partial charge in [0.15, 0.2) is 0 Å². The Bertz CT molecular complexity index is 712. The number of thiophene rings is 1. The fourth-order valence-corrected chi connectivity index (χ4v) is 5.22. The smallest absolute Gasteiger partial charge is 0.319 e. The standard InChI is InChI=1S/C17H22N2O2S2/c1-4-12(17(20)21-10(2)3)22-15-14-11-7-5-6-8-13(11)23-16(14)19-9-18-15/h9-10,12H,4-8H2,1-3H3/t12-/m1/s1. The number of aromatic nitrogens is 2. The van der Waals surface area contributed by atoms with Crippen molar-refractivity contribution in [2.45, 2.75) is 69.3 Å². The predicted octanol–water partition coefficient (Wildman–Crippen LogP) is 4.39. The molecule has 23 heavy (non-hydrogen) atoms. The summed E-state index contributed by atoms with van der Waals surface area (Å²) in [6.45, 7) is 5.78.